The van der Waals surface area contributed by atoms with E-state index in [1.165, 1.54) is 17.0 Å². The summed E-state index contributed by atoms with van der Waals surface area (Å²) < 4.78 is 10.8. The van der Waals surface area contributed by atoms with Crippen molar-refractivity contribution in [2.24, 2.45) is 0 Å². The molecule has 0 spiro atoms. The van der Waals surface area contributed by atoms with E-state index in [4.69, 9.17) is 4.42 Å². The maximum absolute atomic E-state index is 6.21. The molecule has 1 aliphatic rings. The molecule has 0 unspecified atom stereocenters. The number of benzene rings is 2. The molecule has 0 aliphatic carbocycles. The fraction of sp³-hybridized carbons (Fsp3) is 0.0476. The van der Waals surface area contributed by atoms with Gasteiger partial charge in [-0.15, -0.1) is 0 Å². The Morgan fingerprint density at radius 1 is 0.960 bits per heavy atom. The fourth-order valence-corrected chi connectivity index (χ4v) is 3.93. The summed E-state index contributed by atoms with van der Waals surface area (Å²) in [6.07, 6.45) is 3.61. The highest BCUT2D eigenvalue weighted by Gasteiger charge is 2.38. The molecule has 4 heterocycles. The van der Waals surface area contributed by atoms with E-state index in [0.717, 1.165) is 34.4 Å². The average Bonchev–Trinajstić information content (AvgIpc) is 3.30. The summed E-state index contributed by atoms with van der Waals surface area (Å²) >= 11 is 0. The molecule has 118 valence electrons. The summed E-state index contributed by atoms with van der Waals surface area (Å²) in [5.41, 5.74) is 6.55. The second-order valence-corrected chi connectivity index (χ2v) is 6.37. The molecule has 0 N–H and O–H groups in total. The second-order valence-electron chi connectivity index (χ2n) is 6.37. The molecule has 6 rings (SSSR count). The van der Waals surface area contributed by atoms with Crippen molar-refractivity contribution in [2.45, 2.75) is 6.54 Å². The minimum absolute atomic E-state index is 0.823. The summed E-state index contributed by atoms with van der Waals surface area (Å²) in [6, 6.07) is 21.1. The summed E-state index contributed by atoms with van der Waals surface area (Å²) in [7, 11) is 0. The van der Waals surface area contributed by atoms with Crippen LogP contribution in [0.25, 0.3) is 39.3 Å². The third-order valence-electron chi connectivity index (χ3n) is 4.99. The van der Waals surface area contributed by atoms with E-state index < -0.39 is 0 Å². The normalized spacial score (nSPS) is 12.6. The molecule has 4 heteroatoms. The lowest BCUT2D eigenvalue weighted by molar-refractivity contribution is -0.652. The van der Waals surface area contributed by atoms with Gasteiger partial charge in [-0.2, -0.15) is 9.13 Å². The van der Waals surface area contributed by atoms with Crippen molar-refractivity contribution in [1.82, 2.24) is 9.55 Å². The fourth-order valence-electron chi connectivity index (χ4n) is 3.93. The lowest BCUT2D eigenvalue weighted by atomic mass is 10.1. The van der Waals surface area contributed by atoms with Crippen LogP contribution in [-0.2, 0) is 6.54 Å². The number of rotatable bonds is 1. The number of aromatic nitrogens is 3. The average molecular weight is 324 g/mol. The van der Waals surface area contributed by atoms with Gasteiger partial charge in [0.15, 0.2) is 5.58 Å². The smallest absolute Gasteiger partial charge is 0.340 e. The molecule has 5 aromatic rings. The van der Waals surface area contributed by atoms with Gasteiger partial charge in [-0.25, -0.2) is 0 Å². The van der Waals surface area contributed by atoms with Gasteiger partial charge in [0.1, 0.15) is 12.2 Å². The molecule has 0 radical (unpaired) electrons. The molecular formula is C21H14N3O+. The highest BCUT2D eigenvalue weighted by molar-refractivity contribution is 6.02. The van der Waals surface area contributed by atoms with Crippen LogP contribution in [0.4, 0.5) is 0 Å². The van der Waals surface area contributed by atoms with Crippen LogP contribution in [0.15, 0.2) is 77.5 Å². The second kappa shape index (κ2) is 4.57. The van der Waals surface area contributed by atoms with Gasteiger partial charge in [0.2, 0.25) is 5.52 Å². The third-order valence-corrected chi connectivity index (χ3v) is 4.99. The highest BCUT2D eigenvalue weighted by atomic mass is 16.3. The van der Waals surface area contributed by atoms with Crippen molar-refractivity contribution in [2.75, 3.05) is 0 Å². The molecule has 0 atom stereocenters. The van der Waals surface area contributed by atoms with E-state index in [9.17, 15) is 0 Å². The Hall–Kier alpha value is -3.40. The number of pyridine rings is 1. The largest absolute Gasteiger partial charge is 0.417 e. The molecule has 4 nitrogen and oxygen atoms in total. The third kappa shape index (κ3) is 1.61. The summed E-state index contributed by atoms with van der Waals surface area (Å²) in [5.74, 6) is 1.18. The summed E-state index contributed by atoms with van der Waals surface area (Å²) in [4.78, 5) is 4.21. The van der Waals surface area contributed by atoms with E-state index in [-0.39, 0.29) is 0 Å². The van der Waals surface area contributed by atoms with Crippen LogP contribution in [0, 0.1) is 0 Å². The van der Waals surface area contributed by atoms with Crippen molar-refractivity contribution in [3.8, 4) is 17.1 Å². The maximum atomic E-state index is 6.21. The van der Waals surface area contributed by atoms with Crippen molar-refractivity contribution >= 4 is 22.2 Å². The molecule has 0 fully saturated rings. The van der Waals surface area contributed by atoms with Gasteiger partial charge in [0.25, 0.3) is 5.82 Å². The van der Waals surface area contributed by atoms with Crippen LogP contribution in [0.3, 0.4) is 0 Å². The molecule has 0 saturated carbocycles. The molecule has 1 aliphatic heterocycles. The Morgan fingerprint density at radius 2 is 1.80 bits per heavy atom. The molecular weight excluding hydrogens is 310 g/mol. The molecule has 25 heavy (non-hydrogen) atoms. The standard InChI is InChI=1S/C21H14N3O/c1-2-7-15(8-3-1)24-19-17-10-11-22-12-18(17)25-21(19)23-13-14-6-4-5-9-16(14)20(23)24/h1-12H,13H2/q+1. The summed E-state index contributed by atoms with van der Waals surface area (Å²) in [6.45, 7) is 0.828. The number of hydrogen-bond acceptors (Lipinski definition) is 2. The molecule has 0 saturated heterocycles. The SMILES string of the molecule is c1ccc(-n2c3[n+](c4oc5cnccc5c42)Cc2ccccc2-3)cc1. The van der Waals surface area contributed by atoms with Crippen LogP contribution in [0.1, 0.15) is 5.56 Å². The van der Waals surface area contributed by atoms with Gasteiger partial charge in [0, 0.05) is 11.8 Å². The highest BCUT2D eigenvalue weighted by Crippen LogP contribution is 2.37. The van der Waals surface area contributed by atoms with Crippen molar-refractivity contribution < 1.29 is 8.98 Å². The van der Waals surface area contributed by atoms with Crippen molar-refractivity contribution in [1.29, 1.82) is 0 Å². The number of fused-ring (bicyclic) bond motifs is 7. The number of hydrogen-bond donors (Lipinski definition) is 0. The van der Waals surface area contributed by atoms with Gasteiger partial charge in [-0.1, -0.05) is 36.4 Å². The van der Waals surface area contributed by atoms with Crippen LogP contribution < -0.4 is 4.57 Å². The van der Waals surface area contributed by atoms with E-state index in [1.807, 2.05) is 18.3 Å². The first-order chi connectivity index (χ1) is 12.4. The van der Waals surface area contributed by atoms with Gasteiger partial charge in [0.05, 0.1) is 17.1 Å². The Balaban J connectivity index is 1.84. The minimum Gasteiger partial charge on any atom is -0.417 e. The monoisotopic (exact) mass is 324 g/mol. The topological polar surface area (TPSA) is 34.8 Å². The number of para-hydroxylation sites is 1. The van der Waals surface area contributed by atoms with Gasteiger partial charge >= 0.3 is 5.71 Å². The molecule has 0 amide bonds. The lowest BCUT2D eigenvalue weighted by Gasteiger charge is -2.01. The number of imidazole rings is 1. The zero-order valence-electron chi connectivity index (χ0n) is 13.4. The lowest BCUT2D eigenvalue weighted by Crippen LogP contribution is -2.31. The van der Waals surface area contributed by atoms with E-state index in [0.29, 0.717) is 0 Å². The minimum atomic E-state index is 0.823. The van der Waals surface area contributed by atoms with Crippen LogP contribution in [-0.4, -0.2) is 9.55 Å². The van der Waals surface area contributed by atoms with Gasteiger partial charge in [-0.3, -0.25) is 4.98 Å². The first-order valence-electron chi connectivity index (χ1n) is 8.36. The molecule has 3 aromatic heterocycles. The maximum Gasteiger partial charge on any atom is 0.340 e. The van der Waals surface area contributed by atoms with Crippen LogP contribution >= 0.6 is 0 Å². The first kappa shape index (κ1) is 13.0. The van der Waals surface area contributed by atoms with Gasteiger partial charge < -0.3 is 4.42 Å². The number of furan rings is 1. The predicted molar refractivity (Wildman–Crippen MR) is 95.6 cm³/mol. The molecule has 2 aromatic carbocycles. The summed E-state index contributed by atoms with van der Waals surface area (Å²) in [5, 5.41) is 1.09. The van der Waals surface area contributed by atoms with E-state index in [1.54, 1.807) is 6.20 Å². The Kier molecular flexibility index (Phi) is 2.37. The molecule has 0 bridgehead atoms. The van der Waals surface area contributed by atoms with E-state index in [2.05, 4.69) is 62.6 Å². The van der Waals surface area contributed by atoms with Crippen LogP contribution in [0.5, 0.6) is 0 Å². The Bertz CT molecular complexity index is 1260. The zero-order valence-corrected chi connectivity index (χ0v) is 13.4. The first-order valence-corrected chi connectivity index (χ1v) is 8.36. The van der Waals surface area contributed by atoms with Crippen molar-refractivity contribution in [3.05, 3.63) is 78.6 Å². The zero-order chi connectivity index (χ0) is 16.4. The number of nitrogens with zero attached hydrogens (tertiary/aromatic N) is 3. The Morgan fingerprint density at radius 3 is 2.72 bits per heavy atom. The quantitative estimate of drug-likeness (QED) is 0.427. The van der Waals surface area contributed by atoms with E-state index >= 15 is 0 Å². The van der Waals surface area contributed by atoms with Gasteiger partial charge in [-0.05, 0) is 24.3 Å². The Labute approximate surface area is 143 Å². The predicted octanol–water partition coefficient (Wildman–Crippen LogP) is 4.09. The van der Waals surface area contributed by atoms with Crippen LogP contribution in [0.2, 0.25) is 0 Å². The van der Waals surface area contributed by atoms with Crippen molar-refractivity contribution in [3.63, 3.8) is 0 Å².